The van der Waals surface area contributed by atoms with Crippen LogP contribution in [-0.2, 0) is 6.54 Å². The molecule has 2 aliphatic rings. The van der Waals surface area contributed by atoms with E-state index >= 15 is 0 Å². The molecule has 0 saturated carbocycles. The van der Waals surface area contributed by atoms with Crippen LogP contribution in [0.4, 0.5) is 4.39 Å². The first-order chi connectivity index (χ1) is 16.2. The average molecular weight is 454 g/mol. The van der Waals surface area contributed by atoms with E-state index in [0.717, 1.165) is 22.5 Å². The number of rotatable bonds is 4. The lowest BCUT2D eigenvalue weighted by Crippen LogP contribution is -2.08. The number of aromatic nitrogens is 5. The Morgan fingerprint density at radius 3 is 2.52 bits per heavy atom. The predicted molar refractivity (Wildman–Crippen MR) is 127 cm³/mol. The molecule has 5 nitrogen and oxygen atoms in total. The highest BCUT2D eigenvalue weighted by Crippen LogP contribution is 2.28. The summed E-state index contributed by atoms with van der Waals surface area (Å²) in [5.74, 6) is 0.902. The van der Waals surface area contributed by atoms with Crippen LogP contribution < -0.4 is 0 Å². The Bertz CT molecular complexity index is 1590. The fraction of sp³-hybridized carbons (Fsp3) is 0.0385. The maximum atomic E-state index is 14.2. The minimum absolute atomic E-state index is 0.337. The van der Waals surface area contributed by atoms with Crippen LogP contribution >= 0.6 is 11.6 Å². The van der Waals surface area contributed by atoms with E-state index in [1.165, 1.54) is 6.07 Å². The smallest absolute Gasteiger partial charge is 0.163 e. The van der Waals surface area contributed by atoms with E-state index in [4.69, 9.17) is 16.6 Å². The Labute approximate surface area is 194 Å². The van der Waals surface area contributed by atoms with Crippen molar-refractivity contribution in [2.45, 2.75) is 6.54 Å². The van der Waals surface area contributed by atoms with Gasteiger partial charge in [0, 0.05) is 23.1 Å². The van der Waals surface area contributed by atoms with Gasteiger partial charge in [-0.3, -0.25) is 4.57 Å². The molecular weight excluding hydrogens is 437 g/mol. The second-order valence-corrected chi connectivity index (χ2v) is 8.18. The molecule has 0 radical (unpaired) electrons. The topological polar surface area (TPSA) is 48.5 Å². The molecule has 33 heavy (non-hydrogen) atoms. The second kappa shape index (κ2) is 7.83. The number of hydrogen-bond acceptors (Lipinski definition) is 3. The van der Waals surface area contributed by atoms with Crippen LogP contribution in [0.15, 0.2) is 91.3 Å². The van der Waals surface area contributed by atoms with Crippen LogP contribution in [0.25, 0.3) is 39.5 Å². The van der Waals surface area contributed by atoms with Gasteiger partial charge in [-0.2, -0.15) is 0 Å². The molecule has 0 atom stereocenters. The summed E-state index contributed by atoms with van der Waals surface area (Å²) < 4.78 is 18.3. The van der Waals surface area contributed by atoms with Crippen LogP contribution in [-0.4, -0.2) is 24.1 Å². The van der Waals surface area contributed by atoms with Crippen molar-refractivity contribution in [1.82, 2.24) is 24.1 Å². The maximum Gasteiger partial charge on any atom is 0.163 e. The molecule has 0 saturated heterocycles. The molecule has 4 aromatic rings. The summed E-state index contributed by atoms with van der Waals surface area (Å²) in [5, 5.41) is 0.665. The van der Waals surface area contributed by atoms with Gasteiger partial charge in [-0.1, -0.05) is 41.9 Å². The van der Waals surface area contributed by atoms with Crippen molar-refractivity contribution in [2.75, 3.05) is 0 Å². The fourth-order valence-corrected chi connectivity index (χ4v) is 4.25. The molecule has 160 valence electrons. The van der Waals surface area contributed by atoms with Gasteiger partial charge in [0.2, 0.25) is 0 Å². The fourth-order valence-electron chi connectivity index (χ4n) is 4.06. The summed E-state index contributed by atoms with van der Waals surface area (Å²) in [4.78, 5) is 13.9. The van der Waals surface area contributed by atoms with Crippen LogP contribution in [0.1, 0.15) is 5.82 Å². The Balaban J connectivity index is 1.43. The van der Waals surface area contributed by atoms with Gasteiger partial charge in [0.1, 0.15) is 17.3 Å². The van der Waals surface area contributed by atoms with Gasteiger partial charge in [0.25, 0.3) is 0 Å². The zero-order chi connectivity index (χ0) is 22.4. The number of para-hydroxylation sites is 2. The van der Waals surface area contributed by atoms with E-state index in [1.807, 2.05) is 71.6 Å². The van der Waals surface area contributed by atoms with Crippen molar-refractivity contribution in [3.05, 3.63) is 108 Å². The van der Waals surface area contributed by atoms with Gasteiger partial charge in [-0.15, -0.1) is 0 Å². The van der Waals surface area contributed by atoms with Crippen molar-refractivity contribution >= 4 is 22.6 Å². The number of fused-ring (bicyclic) bond motifs is 2. The minimum atomic E-state index is -0.337. The lowest BCUT2D eigenvalue weighted by molar-refractivity contribution is 0.630. The molecule has 7 heteroatoms. The van der Waals surface area contributed by atoms with Crippen LogP contribution in [0.2, 0.25) is 5.02 Å². The van der Waals surface area contributed by atoms with Crippen LogP contribution in [0.5, 0.6) is 0 Å². The van der Waals surface area contributed by atoms with Gasteiger partial charge in [0.05, 0.1) is 28.8 Å². The van der Waals surface area contributed by atoms with Crippen molar-refractivity contribution in [3.63, 3.8) is 0 Å². The molecule has 3 aromatic carbocycles. The molecule has 3 heterocycles. The first-order valence-corrected chi connectivity index (χ1v) is 10.8. The molecule has 0 aliphatic carbocycles. The van der Waals surface area contributed by atoms with Crippen molar-refractivity contribution in [1.29, 1.82) is 0 Å². The first-order valence-electron chi connectivity index (χ1n) is 10.5. The summed E-state index contributed by atoms with van der Waals surface area (Å²) in [6.07, 6.45) is 3.85. The Kier molecular flexibility index (Phi) is 4.66. The molecule has 6 rings (SSSR count). The quantitative estimate of drug-likeness (QED) is 0.318. The van der Waals surface area contributed by atoms with E-state index in [2.05, 4.69) is 14.5 Å². The number of imidazole rings is 2. The monoisotopic (exact) mass is 453 g/mol. The van der Waals surface area contributed by atoms with Crippen LogP contribution in [0.3, 0.4) is 0 Å². The van der Waals surface area contributed by atoms with Gasteiger partial charge in [-0.25, -0.2) is 19.3 Å². The lowest BCUT2D eigenvalue weighted by atomic mass is 10.2. The third-order valence-corrected chi connectivity index (χ3v) is 5.80. The normalized spacial score (nSPS) is 11.5. The van der Waals surface area contributed by atoms with Crippen LogP contribution in [0, 0.1) is 5.82 Å². The van der Waals surface area contributed by atoms with E-state index in [-0.39, 0.29) is 5.82 Å². The zero-order valence-electron chi connectivity index (χ0n) is 17.4. The lowest BCUT2D eigenvalue weighted by Gasteiger charge is -2.12. The third-order valence-electron chi connectivity index (χ3n) is 5.56. The number of benzene rings is 3. The van der Waals surface area contributed by atoms with Gasteiger partial charge in [-0.05, 0) is 48.5 Å². The molecule has 0 fully saturated rings. The highest BCUT2D eigenvalue weighted by Gasteiger charge is 2.17. The summed E-state index contributed by atoms with van der Waals surface area (Å²) in [7, 11) is 0. The molecule has 0 spiro atoms. The van der Waals surface area contributed by atoms with E-state index < -0.39 is 0 Å². The largest absolute Gasteiger partial charge is 0.344 e. The first kappa shape index (κ1) is 19.6. The maximum absolute atomic E-state index is 14.2. The third kappa shape index (κ3) is 3.54. The zero-order valence-corrected chi connectivity index (χ0v) is 18.1. The summed E-state index contributed by atoms with van der Waals surface area (Å²) in [5.41, 5.74) is 4.66. The molecular formula is C26H17ClFN5. The van der Waals surface area contributed by atoms with Crippen molar-refractivity contribution < 1.29 is 4.39 Å². The number of nitrogens with zero attached hydrogens (tertiary/aromatic N) is 5. The van der Waals surface area contributed by atoms with Gasteiger partial charge in [0.15, 0.2) is 5.82 Å². The molecule has 0 unspecified atom stereocenters. The average Bonchev–Trinajstić information content (AvgIpc) is 3.40. The summed E-state index contributed by atoms with van der Waals surface area (Å²) in [6.45, 7) is 0.513. The SMILES string of the molecule is Fc1ccccc1-c1nc2ccn(Cc3nc4ccccc4n3-c3cccc(Cl)c3)cc-2n1. The highest BCUT2D eigenvalue weighted by molar-refractivity contribution is 6.30. The van der Waals surface area contributed by atoms with E-state index in [9.17, 15) is 4.39 Å². The van der Waals surface area contributed by atoms with Crippen molar-refractivity contribution in [2.24, 2.45) is 0 Å². The molecule has 0 amide bonds. The Morgan fingerprint density at radius 1 is 0.818 bits per heavy atom. The second-order valence-electron chi connectivity index (χ2n) is 7.75. The molecule has 0 N–H and O–H groups in total. The highest BCUT2D eigenvalue weighted by atomic mass is 35.5. The molecule has 1 aromatic heterocycles. The predicted octanol–water partition coefficient (Wildman–Crippen LogP) is 6.23. The number of pyridine rings is 1. The summed E-state index contributed by atoms with van der Waals surface area (Å²) in [6, 6.07) is 24.2. The Hall–Kier alpha value is -4.03. The molecule has 2 aliphatic heterocycles. The van der Waals surface area contributed by atoms with Gasteiger partial charge < -0.3 is 4.57 Å². The van der Waals surface area contributed by atoms with E-state index in [0.29, 0.717) is 34.3 Å². The number of halogens is 2. The minimum Gasteiger partial charge on any atom is -0.344 e. The number of hydrogen-bond donors (Lipinski definition) is 0. The standard InChI is InChI=1S/C26H17ClFN5/c27-17-6-5-7-18(14-17)33-24-11-4-3-10-22(24)29-25(33)16-32-13-12-21-23(15-32)31-26(30-21)19-8-1-2-9-20(19)28/h1-15H,16H2. The van der Waals surface area contributed by atoms with E-state index in [1.54, 1.807) is 18.2 Å². The van der Waals surface area contributed by atoms with Crippen molar-refractivity contribution in [3.8, 4) is 28.5 Å². The van der Waals surface area contributed by atoms with Gasteiger partial charge >= 0.3 is 0 Å². The summed E-state index contributed by atoms with van der Waals surface area (Å²) >= 11 is 6.27. The molecule has 0 bridgehead atoms. The Morgan fingerprint density at radius 2 is 1.64 bits per heavy atom.